The fourth-order valence-corrected chi connectivity index (χ4v) is 4.76. The van der Waals surface area contributed by atoms with Gasteiger partial charge in [0.2, 0.25) is 0 Å². The van der Waals surface area contributed by atoms with Gasteiger partial charge in [0.05, 0.1) is 17.8 Å². The molecule has 2 aliphatic rings. The molecule has 2 heterocycles. The van der Waals surface area contributed by atoms with Crippen molar-refractivity contribution in [2.75, 3.05) is 11.4 Å². The highest BCUT2D eigenvalue weighted by Gasteiger charge is 2.45. The van der Waals surface area contributed by atoms with Crippen LogP contribution < -0.4 is 10.2 Å². The smallest absolute Gasteiger partial charge is 0.322 e. The van der Waals surface area contributed by atoms with E-state index in [0.717, 1.165) is 48.7 Å². The Labute approximate surface area is 159 Å². The zero-order valence-corrected chi connectivity index (χ0v) is 15.3. The number of fused-ring (bicyclic) bond motifs is 1. The van der Waals surface area contributed by atoms with Crippen molar-refractivity contribution in [3.63, 3.8) is 0 Å². The summed E-state index contributed by atoms with van der Waals surface area (Å²) in [7, 11) is 0. The van der Waals surface area contributed by atoms with Gasteiger partial charge in [0, 0.05) is 23.2 Å². The van der Waals surface area contributed by atoms with Crippen LogP contribution in [0.3, 0.4) is 0 Å². The number of pyridine rings is 1. The van der Waals surface area contributed by atoms with Gasteiger partial charge in [-0.1, -0.05) is 42.5 Å². The second-order valence-electron chi connectivity index (χ2n) is 7.86. The molecule has 1 aliphatic heterocycles. The van der Waals surface area contributed by atoms with Gasteiger partial charge in [-0.3, -0.25) is 9.88 Å². The van der Waals surface area contributed by atoms with E-state index in [2.05, 4.69) is 40.6 Å². The molecular formula is C23H23N3O. The van der Waals surface area contributed by atoms with Gasteiger partial charge in [-0.15, -0.1) is 0 Å². The molecule has 2 amide bonds. The minimum atomic E-state index is -0.0996. The van der Waals surface area contributed by atoms with Crippen LogP contribution in [-0.2, 0) is 0 Å². The number of anilines is 1. The lowest BCUT2D eigenvalue weighted by atomic mass is 9.74. The Balaban J connectivity index is 1.38. The summed E-state index contributed by atoms with van der Waals surface area (Å²) in [5, 5.41) is 5.47. The Morgan fingerprint density at radius 1 is 1.00 bits per heavy atom. The van der Waals surface area contributed by atoms with Gasteiger partial charge in [0.15, 0.2) is 0 Å². The number of rotatable bonds is 2. The number of hydrogen-bond acceptors (Lipinski definition) is 2. The number of nitrogens with one attached hydrogen (secondary N) is 1. The van der Waals surface area contributed by atoms with Crippen LogP contribution in [0.2, 0.25) is 0 Å². The fourth-order valence-electron chi connectivity index (χ4n) is 4.76. The van der Waals surface area contributed by atoms with Crippen LogP contribution in [0, 0.1) is 0 Å². The number of nitrogens with zero attached hydrogens (tertiary/aromatic N) is 2. The number of urea groups is 1. The van der Waals surface area contributed by atoms with Crippen LogP contribution in [0.5, 0.6) is 0 Å². The van der Waals surface area contributed by atoms with Crippen LogP contribution >= 0.6 is 0 Å². The molecule has 0 atom stereocenters. The Morgan fingerprint density at radius 3 is 2.63 bits per heavy atom. The third-order valence-electron chi connectivity index (χ3n) is 6.24. The van der Waals surface area contributed by atoms with E-state index in [0.29, 0.717) is 5.92 Å². The zero-order valence-electron chi connectivity index (χ0n) is 15.3. The average molecular weight is 357 g/mol. The van der Waals surface area contributed by atoms with Crippen molar-refractivity contribution in [2.24, 2.45) is 0 Å². The van der Waals surface area contributed by atoms with Gasteiger partial charge in [0.25, 0.3) is 0 Å². The van der Waals surface area contributed by atoms with E-state index in [1.165, 1.54) is 5.56 Å². The lowest BCUT2D eigenvalue weighted by molar-refractivity contribution is 0.231. The van der Waals surface area contributed by atoms with Crippen molar-refractivity contribution in [3.8, 4) is 0 Å². The number of aromatic nitrogens is 1. The number of benzene rings is 2. The molecule has 0 unspecified atom stereocenters. The predicted molar refractivity (Wildman–Crippen MR) is 108 cm³/mol. The van der Waals surface area contributed by atoms with E-state index >= 15 is 0 Å². The van der Waals surface area contributed by atoms with Crippen molar-refractivity contribution in [2.45, 2.75) is 37.1 Å². The number of carbonyl (C=O) groups excluding carboxylic acids is 1. The molecule has 1 saturated carbocycles. The first-order valence-electron chi connectivity index (χ1n) is 9.72. The topological polar surface area (TPSA) is 45.2 Å². The van der Waals surface area contributed by atoms with E-state index in [4.69, 9.17) is 0 Å². The summed E-state index contributed by atoms with van der Waals surface area (Å²) in [5.41, 5.74) is 2.31. The van der Waals surface area contributed by atoms with E-state index in [9.17, 15) is 4.79 Å². The van der Waals surface area contributed by atoms with E-state index in [-0.39, 0.29) is 11.6 Å². The maximum Gasteiger partial charge on any atom is 0.322 e. The molecule has 1 spiro atoms. The Hall–Kier alpha value is -2.88. The molecule has 4 heteroatoms. The normalized spacial score (nSPS) is 25.1. The average Bonchev–Trinajstić information content (AvgIpc) is 3.04. The molecule has 136 valence electrons. The summed E-state index contributed by atoms with van der Waals surface area (Å²) in [6, 6.07) is 18.9. The third-order valence-corrected chi connectivity index (χ3v) is 6.24. The van der Waals surface area contributed by atoms with Crippen molar-refractivity contribution >= 4 is 22.5 Å². The molecule has 2 fully saturated rings. The van der Waals surface area contributed by atoms with Gasteiger partial charge in [-0.25, -0.2) is 4.79 Å². The molecule has 0 radical (unpaired) electrons. The Morgan fingerprint density at radius 2 is 1.81 bits per heavy atom. The largest absolute Gasteiger partial charge is 0.330 e. The van der Waals surface area contributed by atoms with Gasteiger partial charge in [-0.05, 0) is 49.3 Å². The molecule has 27 heavy (non-hydrogen) atoms. The molecule has 0 bridgehead atoms. The molecule has 2 aromatic carbocycles. The second kappa shape index (κ2) is 6.38. The quantitative estimate of drug-likeness (QED) is 0.712. The highest BCUT2D eigenvalue weighted by molar-refractivity contribution is 6.04. The van der Waals surface area contributed by atoms with Crippen molar-refractivity contribution < 1.29 is 4.79 Å². The van der Waals surface area contributed by atoms with Crippen LogP contribution in [0.4, 0.5) is 10.5 Å². The summed E-state index contributed by atoms with van der Waals surface area (Å²) in [6.07, 6.45) is 7.95. The number of hydrogen-bond donors (Lipinski definition) is 1. The lowest BCUT2D eigenvalue weighted by Gasteiger charge is -2.36. The Kier molecular flexibility index (Phi) is 3.85. The predicted octanol–water partition coefficient (Wildman–Crippen LogP) is 4.86. The first kappa shape index (κ1) is 16.3. The minimum absolute atomic E-state index is 0.0254. The van der Waals surface area contributed by atoms with E-state index in [1.807, 2.05) is 35.4 Å². The third kappa shape index (κ3) is 2.85. The second-order valence-corrected chi connectivity index (χ2v) is 7.86. The monoisotopic (exact) mass is 357 g/mol. The highest BCUT2D eigenvalue weighted by atomic mass is 16.2. The fraction of sp³-hybridized carbons (Fsp3) is 0.304. The van der Waals surface area contributed by atoms with Crippen LogP contribution in [0.25, 0.3) is 10.8 Å². The van der Waals surface area contributed by atoms with E-state index in [1.54, 1.807) is 6.20 Å². The summed E-state index contributed by atoms with van der Waals surface area (Å²) in [5.74, 6) is 0.603. The maximum absolute atomic E-state index is 12.8. The first-order chi connectivity index (χ1) is 13.2. The summed E-state index contributed by atoms with van der Waals surface area (Å²) < 4.78 is 0. The number of carbonyl (C=O) groups is 1. The van der Waals surface area contributed by atoms with Gasteiger partial charge in [-0.2, -0.15) is 0 Å². The zero-order chi connectivity index (χ0) is 18.3. The maximum atomic E-state index is 12.8. The first-order valence-corrected chi connectivity index (χ1v) is 9.72. The highest BCUT2D eigenvalue weighted by Crippen LogP contribution is 2.41. The molecule has 4 nitrogen and oxygen atoms in total. The van der Waals surface area contributed by atoms with Crippen LogP contribution in [0.1, 0.15) is 37.2 Å². The van der Waals surface area contributed by atoms with Gasteiger partial charge >= 0.3 is 6.03 Å². The van der Waals surface area contributed by atoms with Crippen molar-refractivity contribution in [1.29, 1.82) is 0 Å². The molecule has 1 N–H and O–H groups in total. The molecule has 1 saturated heterocycles. The van der Waals surface area contributed by atoms with Gasteiger partial charge < -0.3 is 5.32 Å². The molecule has 1 aliphatic carbocycles. The number of amides is 2. The van der Waals surface area contributed by atoms with Gasteiger partial charge in [0.1, 0.15) is 0 Å². The molecule has 1 aromatic heterocycles. The van der Waals surface area contributed by atoms with Crippen LogP contribution in [-0.4, -0.2) is 23.1 Å². The van der Waals surface area contributed by atoms with Crippen molar-refractivity contribution in [1.82, 2.24) is 10.3 Å². The molecule has 5 rings (SSSR count). The van der Waals surface area contributed by atoms with E-state index < -0.39 is 0 Å². The molecular weight excluding hydrogens is 334 g/mol. The minimum Gasteiger partial charge on any atom is -0.330 e. The SMILES string of the molecule is O=C1NC2(CCC(c3ccccc3)CC2)CN1c1cccc2cnccc12. The lowest BCUT2D eigenvalue weighted by Crippen LogP contribution is -2.46. The molecule has 3 aromatic rings. The summed E-state index contributed by atoms with van der Waals surface area (Å²) in [6.45, 7) is 0.745. The summed E-state index contributed by atoms with van der Waals surface area (Å²) >= 11 is 0. The Bertz CT molecular complexity index is 972. The standard InChI is InChI=1S/C23H23N3O/c27-22-25-23(12-9-18(10-13-23)17-5-2-1-3-6-17)16-26(22)21-8-4-7-19-15-24-14-11-20(19)21/h1-8,11,14-15,18H,9-10,12-13,16H2,(H,25,27). The summed E-state index contributed by atoms with van der Waals surface area (Å²) in [4.78, 5) is 19.0. The van der Waals surface area contributed by atoms with Crippen molar-refractivity contribution in [3.05, 3.63) is 72.6 Å². The van der Waals surface area contributed by atoms with Crippen LogP contribution in [0.15, 0.2) is 67.0 Å².